The summed E-state index contributed by atoms with van der Waals surface area (Å²) >= 11 is 0. The zero-order chi connectivity index (χ0) is 11.0. The van der Waals surface area contributed by atoms with Crippen molar-refractivity contribution in [1.29, 1.82) is 0 Å². The van der Waals surface area contributed by atoms with Crippen molar-refractivity contribution in [2.45, 2.75) is 39.7 Å². The molecule has 0 bridgehead atoms. The number of ether oxygens (including phenoxy) is 1. The summed E-state index contributed by atoms with van der Waals surface area (Å²) in [7, 11) is 0. The van der Waals surface area contributed by atoms with Crippen molar-refractivity contribution in [3.63, 3.8) is 0 Å². The molecule has 14 heavy (non-hydrogen) atoms. The molecule has 0 heterocycles. The van der Waals surface area contributed by atoms with Crippen molar-refractivity contribution in [3.05, 3.63) is 0 Å². The van der Waals surface area contributed by atoms with Crippen LogP contribution in [0.5, 0.6) is 0 Å². The van der Waals surface area contributed by atoms with Crippen molar-refractivity contribution in [1.82, 2.24) is 5.32 Å². The van der Waals surface area contributed by atoms with Gasteiger partial charge < -0.3 is 15.2 Å². The van der Waals surface area contributed by atoms with Gasteiger partial charge in [0.05, 0.1) is 6.61 Å². The van der Waals surface area contributed by atoms with Gasteiger partial charge in [0.15, 0.2) is 0 Å². The van der Waals surface area contributed by atoms with Gasteiger partial charge in [0.2, 0.25) is 0 Å². The molecule has 0 spiro atoms. The average molecular weight is 203 g/mol. The predicted octanol–water partition coefficient (Wildman–Crippen LogP) is 1.53. The smallest absolute Gasteiger partial charge is 0.407 e. The molecule has 0 aliphatic rings. The second kappa shape index (κ2) is 7.62. The van der Waals surface area contributed by atoms with Gasteiger partial charge in [0, 0.05) is 6.04 Å². The fourth-order valence-corrected chi connectivity index (χ4v) is 1.48. The van der Waals surface area contributed by atoms with Gasteiger partial charge >= 0.3 is 6.09 Å². The molecule has 4 nitrogen and oxygen atoms in total. The Bertz CT molecular complexity index is 157. The van der Waals surface area contributed by atoms with Gasteiger partial charge in [-0.2, -0.15) is 0 Å². The van der Waals surface area contributed by atoms with Crippen LogP contribution in [0.25, 0.3) is 0 Å². The Morgan fingerprint density at radius 3 is 2.43 bits per heavy atom. The Labute approximate surface area is 85.6 Å². The Morgan fingerprint density at radius 2 is 2.00 bits per heavy atom. The zero-order valence-electron chi connectivity index (χ0n) is 9.25. The maximum Gasteiger partial charge on any atom is 0.407 e. The van der Waals surface area contributed by atoms with Gasteiger partial charge in [0.25, 0.3) is 0 Å². The molecule has 0 saturated carbocycles. The summed E-state index contributed by atoms with van der Waals surface area (Å²) in [6.45, 7) is 6.10. The number of hydrogen-bond donors (Lipinski definition) is 2. The molecule has 1 unspecified atom stereocenters. The molecule has 0 aromatic rings. The molecular formula is C10H21NO3. The lowest BCUT2D eigenvalue weighted by Crippen LogP contribution is -2.38. The highest BCUT2D eigenvalue weighted by Gasteiger charge is 2.15. The van der Waals surface area contributed by atoms with E-state index in [1.165, 1.54) is 0 Å². The molecule has 0 aromatic carbocycles. The molecule has 0 saturated heterocycles. The standard InChI is InChI=1S/C10H21NO3/c1-4-9(5-2)8(3)11-10(13)14-7-6-12/h8-9,12H,4-7H2,1-3H3,(H,11,13). The molecule has 1 amide bonds. The van der Waals surface area contributed by atoms with Gasteiger partial charge in [-0.3, -0.25) is 0 Å². The number of carbonyl (C=O) groups is 1. The first-order valence-corrected chi connectivity index (χ1v) is 5.19. The predicted molar refractivity (Wildman–Crippen MR) is 55.1 cm³/mol. The molecule has 2 N–H and O–H groups in total. The van der Waals surface area contributed by atoms with Gasteiger partial charge in [-0.1, -0.05) is 26.7 Å². The molecule has 0 rings (SSSR count). The summed E-state index contributed by atoms with van der Waals surface area (Å²) in [5.74, 6) is 0.483. The molecule has 0 aromatic heterocycles. The lowest BCUT2D eigenvalue weighted by Gasteiger charge is -2.21. The van der Waals surface area contributed by atoms with Crippen LogP contribution in [-0.2, 0) is 4.74 Å². The zero-order valence-corrected chi connectivity index (χ0v) is 9.25. The number of amides is 1. The summed E-state index contributed by atoms with van der Waals surface area (Å²) in [5.41, 5.74) is 0. The maximum absolute atomic E-state index is 11.1. The van der Waals surface area contributed by atoms with Crippen molar-refractivity contribution >= 4 is 6.09 Å². The van der Waals surface area contributed by atoms with Crippen molar-refractivity contribution in [2.24, 2.45) is 5.92 Å². The van der Waals surface area contributed by atoms with E-state index in [-0.39, 0.29) is 19.3 Å². The van der Waals surface area contributed by atoms with E-state index in [1.54, 1.807) is 0 Å². The third-order valence-corrected chi connectivity index (χ3v) is 2.43. The molecule has 0 radical (unpaired) electrons. The van der Waals surface area contributed by atoms with Crippen LogP contribution in [0.1, 0.15) is 33.6 Å². The second-order valence-corrected chi connectivity index (χ2v) is 3.37. The summed E-state index contributed by atoms with van der Waals surface area (Å²) in [6, 6.07) is 0.121. The van der Waals surface area contributed by atoms with E-state index < -0.39 is 6.09 Å². The van der Waals surface area contributed by atoms with Crippen LogP contribution >= 0.6 is 0 Å². The van der Waals surface area contributed by atoms with Crippen LogP contribution in [0.4, 0.5) is 4.79 Å². The number of aliphatic hydroxyl groups is 1. The minimum Gasteiger partial charge on any atom is -0.447 e. The number of nitrogens with one attached hydrogen (secondary N) is 1. The summed E-state index contributed by atoms with van der Waals surface area (Å²) < 4.78 is 4.70. The Balaban J connectivity index is 3.79. The highest BCUT2D eigenvalue weighted by Crippen LogP contribution is 2.12. The summed E-state index contributed by atoms with van der Waals surface area (Å²) in [5, 5.41) is 11.2. The average Bonchev–Trinajstić information content (AvgIpc) is 2.16. The van der Waals surface area contributed by atoms with Gasteiger partial charge in [-0.05, 0) is 12.8 Å². The Hall–Kier alpha value is -0.770. The van der Waals surface area contributed by atoms with E-state index in [1.807, 2.05) is 6.92 Å². The van der Waals surface area contributed by atoms with Gasteiger partial charge in [0.1, 0.15) is 6.61 Å². The summed E-state index contributed by atoms with van der Waals surface area (Å²) in [4.78, 5) is 11.1. The molecular weight excluding hydrogens is 182 g/mol. The number of rotatable bonds is 6. The van der Waals surface area contributed by atoms with Gasteiger partial charge in [-0.25, -0.2) is 4.79 Å². The van der Waals surface area contributed by atoms with Crippen LogP contribution in [0, 0.1) is 5.92 Å². The molecule has 0 aliphatic carbocycles. The van der Waals surface area contributed by atoms with E-state index in [4.69, 9.17) is 9.84 Å². The number of hydrogen-bond acceptors (Lipinski definition) is 3. The monoisotopic (exact) mass is 203 g/mol. The highest BCUT2D eigenvalue weighted by molar-refractivity contribution is 5.67. The van der Waals surface area contributed by atoms with Crippen LogP contribution in [0.3, 0.4) is 0 Å². The largest absolute Gasteiger partial charge is 0.447 e. The van der Waals surface area contributed by atoms with Crippen LogP contribution in [-0.4, -0.2) is 30.5 Å². The lowest BCUT2D eigenvalue weighted by atomic mass is 9.96. The topological polar surface area (TPSA) is 58.6 Å². The lowest BCUT2D eigenvalue weighted by molar-refractivity contribution is 0.114. The third kappa shape index (κ3) is 5.07. The van der Waals surface area contributed by atoms with Crippen molar-refractivity contribution < 1.29 is 14.6 Å². The Kier molecular flexibility index (Phi) is 7.20. The molecule has 4 heteroatoms. The minimum absolute atomic E-state index is 0.0570. The summed E-state index contributed by atoms with van der Waals surface area (Å²) in [6.07, 6.45) is 1.63. The van der Waals surface area contributed by atoms with Gasteiger partial charge in [-0.15, -0.1) is 0 Å². The minimum atomic E-state index is -0.446. The fraction of sp³-hybridized carbons (Fsp3) is 0.900. The molecule has 0 fully saturated rings. The maximum atomic E-state index is 11.1. The van der Waals surface area contributed by atoms with Crippen LogP contribution in [0.2, 0.25) is 0 Å². The highest BCUT2D eigenvalue weighted by atomic mass is 16.6. The van der Waals surface area contributed by atoms with Crippen LogP contribution in [0.15, 0.2) is 0 Å². The van der Waals surface area contributed by atoms with E-state index in [9.17, 15) is 4.79 Å². The number of carbonyl (C=O) groups excluding carboxylic acids is 1. The first-order valence-electron chi connectivity index (χ1n) is 5.19. The molecule has 84 valence electrons. The van der Waals surface area contributed by atoms with E-state index in [0.29, 0.717) is 5.92 Å². The molecule has 0 aliphatic heterocycles. The normalized spacial score (nSPS) is 12.6. The van der Waals surface area contributed by atoms with Crippen molar-refractivity contribution in [3.8, 4) is 0 Å². The SMILES string of the molecule is CCC(CC)C(C)NC(=O)OCCO. The second-order valence-electron chi connectivity index (χ2n) is 3.37. The first-order chi connectivity index (χ1) is 6.65. The molecule has 1 atom stereocenters. The van der Waals surface area contributed by atoms with E-state index in [2.05, 4.69) is 19.2 Å². The van der Waals surface area contributed by atoms with E-state index >= 15 is 0 Å². The first kappa shape index (κ1) is 13.2. The quantitative estimate of drug-likeness (QED) is 0.688. The number of alkyl carbamates (subject to hydrolysis) is 1. The Morgan fingerprint density at radius 1 is 1.43 bits per heavy atom. The van der Waals surface area contributed by atoms with Crippen molar-refractivity contribution in [2.75, 3.05) is 13.2 Å². The fourth-order valence-electron chi connectivity index (χ4n) is 1.48. The van der Waals surface area contributed by atoms with E-state index in [0.717, 1.165) is 12.8 Å². The van der Waals surface area contributed by atoms with Crippen LogP contribution < -0.4 is 5.32 Å². The third-order valence-electron chi connectivity index (χ3n) is 2.43. The number of aliphatic hydroxyl groups excluding tert-OH is 1.